The predicted octanol–water partition coefficient (Wildman–Crippen LogP) is 3.92. The summed E-state index contributed by atoms with van der Waals surface area (Å²) in [5.74, 6) is 0. The van der Waals surface area contributed by atoms with E-state index in [1.807, 2.05) is 25.4 Å². The fourth-order valence-corrected chi connectivity index (χ4v) is 2.04. The van der Waals surface area contributed by atoms with Crippen LogP contribution in [0.2, 0.25) is 0 Å². The average Bonchev–Trinajstić information content (AvgIpc) is 2.31. The lowest BCUT2D eigenvalue weighted by atomic mass is 10.2. The van der Waals surface area contributed by atoms with Gasteiger partial charge >= 0.3 is 0 Å². The molecule has 0 aromatic carbocycles. The summed E-state index contributed by atoms with van der Waals surface area (Å²) in [6.07, 6.45) is 5.42. The maximum atomic E-state index is 4.24. The number of aromatic nitrogens is 2. The van der Waals surface area contributed by atoms with Gasteiger partial charge in [0.05, 0.1) is 11.9 Å². The fraction of sp³-hybridized carbons (Fsp3) is 0.167. The van der Waals surface area contributed by atoms with E-state index < -0.39 is 0 Å². The number of pyridine rings is 2. The molecule has 0 atom stereocenters. The maximum absolute atomic E-state index is 4.24. The van der Waals surface area contributed by atoms with Gasteiger partial charge < -0.3 is 5.32 Å². The van der Waals surface area contributed by atoms with Crippen LogP contribution in [-0.2, 0) is 6.54 Å². The Bertz CT molecular complexity index is 529. The Morgan fingerprint density at radius 1 is 1.18 bits per heavy atom. The molecule has 0 fully saturated rings. The smallest absolute Gasteiger partial charge is 0.109 e. The molecule has 2 rings (SSSR count). The van der Waals surface area contributed by atoms with Crippen LogP contribution in [0.1, 0.15) is 11.1 Å². The first-order valence-corrected chi connectivity index (χ1v) is 6.69. The molecule has 17 heavy (non-hydrogen) atoms. The second-order valence-electron chi connectivity index (χ2n) is 3.70. The van der Waals surface area contributed by atoms with Crippen LogP contribution in [0, 0.1) is 6.92 Å². The summed E-state index contributed by atoms with van der Waals surface area (Å²) in [7, 11) is 0. The normalized spacial score (nSPS) is 10.3. The van der Waals surface area contributed by atoms with Crippen LogP contribution in [0.15, 0.2) is 39.8 Å². The molecule has 0 saturated carbocycles. The third kappa shape index (κ3) is 3.51. The summed E-state index contributed by atoms with van der Waals surface area (Å²) in [6, 6.07) is 4.10. The van der Waals surface area contributed by atoms with E-state index in [-0.39, 0.29) is 0 Å². The number of hydrogen-bond acceptors (Lipinski definition) is 3. The molecule has 0 spiro atoms. The van der Waals surface area contributed by atoms with E-state index in [9.17, 15) is 0 Å². The molecule has 2 heterocycles. The Kier molecular flexibility index (Phi) is 4.12. The minimum atomic E-state index is 0.731. The molecule has 2 aromatic heterocycles. The molecule has 0 aliphatic heterocycles. The van der Waals surface area contributed by atoms with Gasteiger partial charge in [0, 0.05) is 23.4 Å². The van der Waals surface area contributed by atoms with E-state index in [2.05, 4.69) is 53.2 Å². The lowest BCUT2D eigenvalue weighted by Gasteiger charge is -2.07. The first-order valence-electron chi connectivity index (χ1n) is 5.10. The van der Waals surface area contributed by atoms with Crippen molar-refractivity contribution in [2.75, 3.05) is 5.32 Å². The van der Waals surface area contributed by atoms with E-state index in [0.717, 1.165) is 32.4 Å². The number of halogens is 2. The zero-order valence-corrected chi connectivity index (χ0v) is 12.4. The SMILES string of the molecule is Cc1cc(NCc2cncc(Br)c2)cnc1Br. The second-order valence-corrected chi connectivity index (χ2v) is 5.36. The highest BCUT2D eigenvalue weighted by atomic mass is 79.9. The van der Waals surface area contributed by atoms with Crippen LogP contribution in [0.25, 0.3) is 0 Å². The molecule has 0 amide bonds. The predicted molar refractivity (Wildman–Crippen MR) is 75.9 cm³/mol. The summed E-state index contributed by atoms with van der Waals surface area (Å²) in [5, 5.41) is 3.31. The highest BCUT2D eigenvalue weighted by Crippen LogP contribution is 2.17. The Labute approximate surface area is 117 Å². The molecule has 0 unspecified atom stereocenters. The van der Waals surface area contributed by atoms with Crippen molar-refractivity contribution in [2.24, 2.45) is 0 Å². The molecule has 0 aliphatic carbocycles. The summed E-state index contributed by atoms with van der Waals surface area (Å²) < 4.78 is 1.87. The summed E-state index contributed by atoms with van der Waals surface area (Å²) in [6.45, 7) is 2.75. The third-order valence-corrected chi connectivity index (χ3v) is 3.54. The Morgan fingerprint density at radius 2 is 2.00 bits per heavy atom. The van der Waals surface area contributed by atoms with Gasteiger partial charge in [0.2, 0.25) is 0 Å². The quantitative estimate of drug-likeness (QED) is 0.847. The lowest BCUT2D eigenvalue weighted by molar-refractivity contribution is 1.09. The Balaban J connectivity index is 2.05. The molecule has 0 saturated heterocycles. The highest BCUT2D eigenvalue weighted by Gasteiger charge is 1.99. The van der Waals surface area contributed by atoms with Gasteiger partial charge in [-0.05, 0) is 62.0 Å². The molecule has 0 aliphatic rings. The Morgan fingerprint density at radius 3 is 2.71 bits per heavy atom. The largest absolute Gasteiger partial charge is 0.380 e. The van der Waals surface area contributed by atoms with E-state index in [1.165, 1.54) is 0 Å². The van der Waals surface area contributed by atoms with Gasteiger partial charge in [-0.25, -0.2) is 4.98 Å². The van der Waals surface area contributed by atoms with Crippen molar-refractivity contribution in [1.29, 1.82) is 0 Å². The fourth-order valence-electron chi connectivity index (χ4n) is 1.41. The Hall–Kier alpha value is -0.940. The topological polar surface area (TPSA) is 37.8 Å². The minimum Gasteiger partial charge on any atom is -0.380 e. The zero-order valence-electron chi connectivity index (χ0n) is 9.24. The van der Waals surface area contributed by atoms with Crippen molar-refractivity contribution < 1.29 is 0 Å². The number of rotatable bonds is 3. The van der Waals surface area contributed by atoms with Gasteiger partial charge in [-0.3, -0.25) is 4.98 Å². The molecular weight excluding hydrogens is 346 g/mol. The van der Waals surface area contributed by atoms with Crippen molar-refractivity contribution in [3.8, 4) is 0 Å². The lowest BCUT2D eigenvalue weighted by Crippen LogP contribution is -2.00. The molecular formula is C12H11Br2N3. The molecule has 5 heteroatoms. The number of nitrogens with zero attached hydrogens (tertiary/aromatic N) is 2. The van der Waals surface area contributed by atoms with Crippen molar-refractivity contribution >= 4 is 37.5 Å². The van der Waals surface area contributed by atoms with Gasteiger partial charge in [-0.1, -0.05) is 0 Å². The van der Waals surface area contributed by atoms with Crippen LogP contribution in [0.4, 0.5) is 5.69 Å². The number of hydrogen-bond donors (Lipinski definition) is 1. The van der Waals surface area contributed by atoms with Crippen LogP contribution in [-0.4, -0.2) is 9.97 Å². The van der Waals surface area contributed by atoms with Gasteiger partial charge in [-0.2, -0.15) is 0 Å². The van der Waals surface area contributed by atoms with E-state index in [0.29, 0.717) is 0 Å². The number of aryl methyl sites for hydroxylation is 1. The van der Waals surface area contributed by atoms with E-state index in [1.54, 1.807) is 6.20 Å². The molecule has 0 radical (unpaired) electrons. The van der Waals surface area contributed by atoms with Gasteiger partial charge in [-0.15, -0.1) is 0 Å². The van der Waals surface area contributed by atoms with E-state index >= 15 is 0 Å². The summed E-state index contributed by atoms with van der Waals surface area (Å²) in [4.78, 5) is 8.36. The average molecular weight is 357 g/mol. The van der Waals surface area contributed by atoms with Crippen molar-refractivity contribution in [1.82, 2.24) is 9.97 Å². The van der Waals surface area contributed by atoms with Crippen molar-refractivity contribution in [3.63, 3.8) is 0 Å². The van der Waals surface area contributed by atoms with Gasteiger partial charge in [0.25, 0.3) is 0 Å². The first-order chi connectivity index (χ1) is 8.15. The number of nitrogens with one attached hydrogen (secondary N) is 1. The standard InChI is InChI=1S/C12H11Br2N3/c1-8-2-11(7-17-12(8)14)16-5-9-3-10(13)6-15-4-9/h2-4,6-7,16H,5H2,1H3. The molecule has 1 N–H and O–H groups in total. The van der Waals surface area contributed by atoms with Crippen LogP contribution in [0.3, 0.4) is 0 Å². The first kappa shape index (κ1) is 12.5. The highest BCUT2D eigenvalue weighted by molar-refractivity contribution is 9.10. The van der Waals surface area contributed by atoms with Crippen molar-refractivity contribution in [3.05, 3.63) is 50.9 Å². The van der Waals surface area contributed by atoms with Crippen molar-refractivity contribution in [2.45, 2.75) is 13.5 Å². The zero-order chi connectivity index (χ0) is 12.3. The summed E-state index contributed by atoms with van der Waals surface area (Å²) >= 11 is 6.78. The minimum absolute atomic E-state index is 0.731. The third-order valence-electron chi connectivity index (χ3n) is 2.27. The van der Waals surface area contributed by atoms with Crippen LogP contribution >= 0.6 is 31.9 Å². The maximum Gasteiger partial charge on any atom is 0.109 e. The molecule has 88 valence electrons. The summed E-state index contributed by atoms with van der Waals surface area (Å²) in [5.41, 5.74) is 3.24. The van der Waals surface area contributed by atoms with E-state index in [4.69, 9.17) is 0 Å². The van der Waals surface area contributed by atoms with Crippen LogP contribution < -0.4 is 5.32 Å². The monoisotopic (exact) mass is 355 g/mol. The van der Waals surface area contributed by atoms with Gasteiger partial charge in [0.1, 0.15) is 4.60 Å². The van der Waals surface area contributed by atoms with Crippen LogP contribution in [0.5, 0.6) is 0 Å². The molecule has 2 aromatic rings. The van der Waals surface area contributed by atoms with Gasteiger partial charge in [0.15, 0.2) is 0 Å². The molecule has 3 nitrogen and oxygen atoms in total. The number of anilines is 1. The second kappa shape index (κ2) is 5.60. The molecule has 0 bridgehead atoms.